The molecule has 0 heterocycles. The van der Waals surface area contributed by atoms with Crippen LogP contribution in [0.3, 0.4) is 0 Å². The minimum Gasteiger partial charge on any atom is -0.356 e. The highest BCUT2D eigenvalue weighted by Gasteiger charge is 2.36. The van der Waals surface area contributed by atoms with Crippen molar-refractivity contribution >= 4 is 11.8 Å². The smallest absolute Gasteiger partial charge is 0.248 e. The molecule has 24 heavy (non-hydrogen) atoms. The summed E-state index contributed by atoms with van der Waals surface area (Å²) in [5.41, 5.74) is 0.915. The van der Waals surface area contributed by atoms with Gasteiger partial charge in [-0.15, -0.1) is 0 Å². The van der Waals surface area contributed by atoms with Gasteiger partial charge in [-0.05, 0) is 24.3 Å². The zero-order chi connectivity index (χ0) is 17.4. The Balaban J connectivity index is 1.59. The second kappa shape index (κ2) is 8.76. The van der Waals surface area contributed by atoms with Gasteiger partial charge in [0.2, 0.25) is 17.7 Å². The lowest BCUT2D eigenvalue weighted by Crippen LogP contribution is -2.36. The van der Waals surface area contributed by atoms with Gasteiger partial charge in [-0.25, -0.2) is 8.78 Å². The molecule has 0 spiro atoms. The fraction of sp³-hybridized carbons (Fsp3) is 0.556. The van der Waals surface area contributed by atoms with Crippen LogP contribution < -0.4 is 10.6 Å². The van der Waals surface area contributed by atoms with Crippen LogP contribution in [0.1, 0.15) is 37.7 Å². The molecule has 0 saturated heterocycles. The molecule has 1 aromatic rings. The number of hydrogen-bond acceptors (Lipinski definition) is 2. The van der Waals surface area contributed by atoms with Crippen molar-refractivity contribution in [3.8, 4) is 0 Å². The zero-order valence-corrected chi connectivity index (χ0v) is 13.7. The Hall–Kier alpha value is -1.98. The zero-order valence-electron chi connectivity index (χ0n) is 13.7. The molecular weight excluding hydrogens is 314 g/mol. The van der Waals surface area contributed by atoms with E-state index < -0.39 is 5.92 Å². The van der Waals surface area contributed by atoms with Crippen molar-refractivity contribution in [2.24, 2.45) is 5.92 Å². The van der Waals surface area contributed by atoms with E-state index in [1.54, 1.807) is 0 Å². The highest BCUT2D eigenvalue weighted by molar-refractivity contribution is 5.80. The van der Waals surface area contributed by atoms with E-state index in [2.05, 4.69) is 10.6 Å². The van der Waals surface area contributed by atoms with E-state index in [-0.39, 0.29) is 56.5 Å². The molecule has 0 bridgehead atoms. The first-order valence-electron chi connectivity index (χ1n) is 8.40. The van der Waals surface area contributed by atoms with Crippen molar-refractivity contribution in [1.82, 2.24) is 10.6 Å². The number of halogens is 2. The Morgan fingerprint density at radius 3 is 2.58 bits per heavy atom. The third-order valence-corrected chi connectivity index (χ3v) is 4.21. The van der Waals surface area contributed by atoms with E-state index in [4.69, 9.17) is 0 Å². The molecule has 1 aromatic carbocycles. The minimum absolute atomic E-state index is 0.0507. The van der Waals surface area contributed by atoms with E-state index in [0.717, 1.165) is 12.0 Å². The van der Waals surface area contributed by atoms with Gasteiger partial charge in [0.05, 0.1) is 6.42 Å². The van der Waals surface area contributed by atoms with Crippen LogP contribution in [0.25, 0.3) is 0 Å². The molecule has 2 amide bonds. The maximum absolute atomic E-state index is 13.3. The number of nitrogens with one attached hydrogen (secondary N) is 2. The first-order valence-corrected chi connectivity index (χ1v) is 8.40. The second-order valence-corrected chi connectivity index (χ2v) is 6.38. The molecule has 0 aliphatic heterocycles. The lowest BCUT2D eigenvalue weighted by atomic mass is 9.86. The lowest BCUT2D eigenvalue weighted by Gasteiger charge is -2.28. The van der Waals surface area contributed by atoms with Crippen LogP contribution in [0, 0.1) is 5.92 Å². The van der Waals surface area contributed by atoms with E-state index in [9.17, 15) is 18.4 Å². The topological polar surface area (TPSA) is 58.2 Å². The van der Waals surface area contributed by atoms with Crippen LogP contribution >= 0.6 is 0 Å². The molecule has 1 atom stereocenters. The van der Waals surface area contributed by atoms with Crippen LogP contribution in [-0.2, 0) is 16.0 Å². The molecule has 6 heteroatoms. The fourth-order valence-corrected chi connectivity index (χ4v) is 2.96. The molecule has 1 fully saturated rings. The van der Waals surface area contributed by atoms with E-state index in [0.29, 0.717) is 6.42 Å². The Morgan fingerprint density at radius 1 is 1.12 bits per heavy atom. The van der Waals surface area contributed by atoms with Gasteiger partial charge in [-0.1, -0.05) is 30.3 Å². The van der Waals surface area contributed by atoms with Crippen molar-refractivity contribution in [2.45, 2.75) is 44.4 Å². The number of alkyl halides is 2. The Morgan fingerprint density at radius 2 is 1.88 bits per heavy atom. The summed E-state index contributed by atoms with van der Waals surface area (Å²) in [4.78, 5) is 23.5. The predicted octanol–water partition coefficient (Wildman–Crippen LogP) is 2.68. The SMILES string of the molecule is O=C(CCNC(=O)Cc1ccccc1)NC[C@H]1CCCC(F)(F)C1. The monoisotopic (exact) mass is 338 g/mol. The summed E-state index contributed by atoms with van der Waals surface area (Å²) in [7, 11) is 0. The largest absolute Gasteiger partial charge is 0.356 e. The first kappa shape index (κ1) is 18.4. The van der Waals surface area contributed by atoms with Crippen molar-refractivity contribution in [3.05, 3.63) is 35.9 Å². The maximum Gasteiger partial charge on any atom is 0.248 e. The summed E-state index contributed by atoms with van der Waals surface area (Å²) in [6.45, 7) is 0.532. The molecule has 4 nitrogen and oxygen atoms in total. The summed E-state index contributed by atoms with van der Waals surface area (Å²) in [5, 5.41) is 5.38. The standard InChI is InChI=1S/C18H24F2N2O2/c19-18(20)9-4-7-15(12-18)13-22-16(23)8-10-21-17(24)11-14-5-2-1-3-6-14/h1-3,5-6,15H,4,7-13H2,(H,21,24)(H,22,23)/t15-/m0/s1. The number of amides is 2. The van der Waals surface area contributed by atoms with Crippen molar-refractivity contribution in [2.75, 3.05) is 13.1 Å². The van der Waals surface area contributed by atoms with Gasteiger partial charge in [-0.3, -0.25) is 9.59 Å². The van der Waals surface area contributed by atoms with Gasteiger partial charge in [0.25, 0.3) is 0 Å². The number of hydrogen-bond donors (Lipinski definition) is 2. The van der Waals surface area contributed by atoms with Crippen LogP contribution in [-0.4, -0.2) is 30.8 Å². The first-order chi connectivity index (χ1) is 11.4. The minimum atomic E-state index is -2.60. The molecular formula is C18H24F2N2O2. The Bertz CT molecular complexity index is 549. The molecule has 0 aromatic heterocycles. The van der Waals surface area contributed by atoms with E-state index in [1.807, 2.05) is 30.3 Å². The van der Waals surface area contributed by atoms with Gasteiger partial charge >= 0.3 is 0 Å². The molecule has 0 unspecified atom stereocenters. The Labute approximate surface area is 141 Å². The van der Waals surface area contributed by atoms with Gasteiger partial charge in [-0.2, -0.15) is 0 Å². The number of carbonyl (C=O) groups excluding carboxylic acids is 2. The quantitative estimate of drug-likeness (QED) is 0.803. The summed E-state index contributed by atoms with van der Waals surface area (Å²) in [6, 6.07) is 9.35. The van der Waals surface area contributed by atoms with Crippen molar-refractivity contribution in [3.63, 3.8) is 0 Å². The highest BCUT2D eigenvalue weighted by atomic mass is 19.3. The van der Waals surface area contributed by atoms with Gasteiger partial charge in [0, 0.05) is 32.4 Å². The molecule has 1 aliphatic rings. The molecule has 2 N–H and O–H groups in total. The van der Waals surface area contributed by atoms with Gasteiger partial charge in [0.15, 0.2) is 0 Å². The average Bonchev–Trinajstić information content (AvgIpc) is 2.53. The molecule has 132 valence electrons. The highest BCUT2D eigenvalue weighted by Crippen LogP contribution is 2.36. The average molecular weight is 338 g/mol. The van der Waals surface area contributed by atoms with Gasteiger partial charge < -0.3 is 10.6 Å². The third-order valence-electron chi connectivity index (χ3n) is 4.21. The number of carbonyl (C=O) groups is 2. The molecule has 1 aliphatic carbocycles. The van der Waals surface area contributed by atoms with E-state index in [1.165, 1.54) is 0 Å². The van der Waals surface area contributed by atoms with Crippen LogP contribution in [0.2, 0.25) is 0 Å². The summed E-state index contributed by atoms with van der Waals surface area (Å²) < 4.78 is 26.6. The van der Waals surface area contributed by atoms with Gasteiger partial charge in [0.1, 0.15) is 0 Å². The predicted molar refractivity (Wildman–Crippen MR) is 87.7 cm³/mol. The second-order valence-electron chi connectivity index (χ2n) is 6.38. The number of benzene rings is 1. The van der Waals surface area contributed by atoms with Crippen LogP contribution in [0.15, 0.2) is 30.3 Å². The molecule has 2 rings (SSSR count). The fourth-order valence-electron chi connectivity index (χ4n) is 2.96. The maximum atomic E-state index is 13.3. The summed E-state index contributed by atoms with van der Waals surface area (Å²) in [5.74, 6) is -3.12. The van der Waals surface area contributed by atoms with Crippen molar-refractivity contribution < 1.29 is 18.4 Å². The van der Waals surface area contributed by atoms with E-state index >= 15 is 0 Å². The summed E-state index contributed by atoms with van der Waals surface area (Å²) in [6.07, 6.45) is 1.46. The third kappa shape index (κ3) is 6.64. The van der Waals surface area contributed by atoms with Crippen LogP contribution in [0.5, 0.6) is 0 Å². The van der Waals surface area contributed by atoms with Crippen molar-refractivity contribution in [1.29, 1.82) is 0 Å². The lowest BCUT2D eigenvalue weighted by molar-refractivity contribution is -0.122. The number of rotatable bonds is 7. The summed E-state index contributed by atoms with van der Waals surface area (Å²) >= 11 is 0. The normalized spacial score (nSPS) is 19.5. The van der Waals surface area contributed by atoms with Crippen LogP contribution in [0.4, 0.5) is 8.78 Å². The molecule has 0 radical (unpaired) electrons. The Kier molecular flexibility index (Phi) is 6.70. The molecule has 1 saturated carbocycles.